The average molecular weight is 460 g/mol. The highest BCUT2D eigenvalue weighted by Crippen LogP contribution is 2.34. The molecule has 0 saturated carbocycles. The van der Waals surface area contributed by atoms with Crippen LogP contribution in [0, 0.1) is 0 Å². The number of carbonyl (C=O) groups is 1. The molecule has 3 aromatic heterocycles. The van der Waals surface area contributed by atoms with E-state index >= 15 is 0 Å². The molecule has 8 nitrogen and oxygen atoms in total. The number of nitrogens with zero attached hydrogens (tertiary/aromatic N) is 4. The number of benzene rings is 1. The molecule has 0 bridgehead atoms. The summed E-state index contributed by atoms with van der Waals surface area (Å²) >= 11 is 0. The summed E-state index contributed by atoms with van der Waals surface area (Å²) < 4.78 is 30.6. The predicted octanol–water partition coefficient (Wildman–Crippen LogP) is 4.08. The molecule has 174 valence electrons. The lowest BCUT2D eigenvalue weighted by atomic mass is 9.87. The second-order valence-electron chi connectivity index (χ2n) is 9.23. The first-order valence-electron chi connectivity index (χ1n) is 12.6. The molecular weight excluding hydrogens is 428 g/mol. The van der Waals surface area contributed by atoms with E-state index in [-0.39, 0.29) is 5.97 Å². The summed E-state index contributed by atoms with van der Waals surface area (Å²) in [5, 5.41) is 11.7. The van der Waals surface area contributed by atoms with Crippen molar-refractivity contribution >= 4 is 28.5 Å². The monoisotopic (exact) mass is 459 g/mol. The summed E-state index contributed by atoms with van der Waals surface area (Å²) in [7, 11) is 1.82. The molecule has 1 unspecified atom stereocenters. The maximum atomic E-state index is 12.3. The van der Waals surface area contributed by atoms with Gasteiger partial charge in [-0.3, -0.25) is 4.68 Å². The summed E-state index contributed by atoms with van der Waals surface area (Å²) in [6.07, 6.45) is 1.99. The largest absolute Gasteiger partial charge is 0.456 e. The molecule has 1 aliphatic rings. The second kappa shape index (κ2) is 7.92. The molecule has 8 heteroatoms. The Morgan fingerprint density at radius 2 is 1.97 bits per heavy atom. The number of fused-ring (bicyclic) bond motifs is 2. The minimum atomic E-state index is -2.49. The molecule has 5 rings (SSSR count). The zero-order valence-electron chi connectivity index (χ0n) is 22.5. The lowest BCUT2D eigenvalue weighted by molar-refractivity contribution is -0.00714. The van der Waals surface area contributed by atoms with Gasteiger partial charge in [0.2, 0.25) is 0 Å². The first-order valence-corrected chi connectivity index (χ1v) is 11.1. The Balaban J connectivity index is 1.60. The fourth-order valence-corrected chi connectivity index (χ4v) is 4.39. The minimum Gasteiger partial charge on any atom is -0.456 e. The Bertz CT molecular complexity index is 1500. The van der Waals surface area contributed by atoms with Crippen molar-refractivity contribution in [1.29, 1.82) is 0 Å². The molecule has 34 heavy (non-hydrogen) atoms. The summed E-state index contributed by atoms with van der Waals surface area (Å²) in [5.74, 6) is 0.592. The first-order chi connectivity index (χ1) is 17.4. The first kappa shape index (κ1) is 18.6. The van der Waals surface area contributed by atoms with Gasteiger partial charge in [0.25, 0.3) is 0 Å². The van der Waals surface area contributed by atoms with Crippen molar-refractivity contribution in [3.63, 3.8) is 0 Å². The number of pyridine rings is 2. The van der Waals surface area contributed by atoms with Gasteiger partial charge in [0.1, 0.15) is 17.2 Å². The van der Waals surface area contributed by atoms with E-state index < -0.39 is 18.1 Å². The van der Waals surface area contributed by atoms with Gasteiger partial charge in [-0.15, -0.1) is 0 Å². The Kier molecular flexibility index (Phi) is 4.34. The standard InChI is InChI=1S/C26H28N6O2/c1-25(2)14-19-17(24(33)34-25)11-12-21(29-19)30-22-13-18-20(15-28-22)32(5)31-23(18)26(3,27-4)16-9-7-6-8-10-16/h6-13,15,27H,14H2,1-5H3,(H,28,29,30)/i5D3. The molecule has 0 aliphatic carbocycles. The molecule has 4 heterocycles. The second-order valence-corrected chi connectivity index (χ2v) is 9.23. The van der Waals surface area contributed by atoms with Crippen LogP contribution in [-0.2, 0) is 23.7 Å². The lowest BCUT2D eigenvalue weighted by Crippen LogP contribution is -2.38. The number of nitrogens with one attached hydrogen (secondary N) is 2. The van der Waals surface area contributed by atoms with Crippen LogP contribution in [0.4, 0.5) is 11.6 Å². The van der Waals surface area contributed by atoms with Gasteiger partial charge < -0.3 is 15.4 Å². The molecule has 1 aromatic carbocycles. The molecule has 0 amide bonds. The van der Waals surface area contributed by atoms with Crippen LogP contribution in [0.1, 0.15) is 52.2 Å². The van der Waals surface area contributed by atoms with E-state index in [4.69, 9.17) is 8.85 Å². The van der Waals surface area contributed by atoms with Crippen LogP contribution in [-0.4, -0.2) is 38.4 Å². The van der Waals surface area contributed by atoms with Crippen molar-refractivity contribution in [2.24, 2.45) is 6.98 Å². The third-order valence-corrected chi connectivity index (χ3v) is 6.30. The number of carbonyl (C=O) groups excluding carboxylic acids is 1. The normalized spacial score (nSPS) is 18.2. The van der Waals surface area contributed by atoms with E-state index in [1.165, 1.54) is 6.20 Å². The van der Waals surface area contributed by atoms with Gasteiger partial charge in [-0.25, -0.2) is 14.8 Å². The number of aromatic nitrogens is 4. The summed E-state index contributed by atoms with van der Waals surface area (Å²) in [5.41, 5.74) is 1.57. The molecule has 0 saturated heterocycles. The number of hydrogen-bond donors (Lipinski definition) is 2. The topological polar surface area (TPSA) is 94.0 Å². The Hall–Kier alpha value is -3.78. The van der Waals surface area contributed by atoms with Gasteiger partial charge in [0.05, 0.1) is 34.2 Å². The maximum absolute atomic E-state index is 12.3. The molecule has 0 spiro atoms. The molecule has 1 aliphatic heterocycles. The summed E-state index contributed by atoms with van der Waals surface area (Å²) in [4.78, 5) is 21.4. The highest BCUT2D eigenvalue weighted by atomic mass is 16.6. The van der Waals surface area contributed by atoms with Gasteiger partial charge in [-0.05, 0) is 51.6 Å². The van der Waals surface area contributed by atoms with Crippen molar-refractivity contribution in [3.05, 3.63) is 77.2 Å². The molecule has 2 N–H and O–H groups in total. The van der Waals surface area contributed by atoms with Gasteiger partial charge in [0.15, 0.2) is 0 Å². The van der Waals surface area contributed by atoms with Crippen LogP contribution in [0.3, 0.4) is 0 Å². The van der Waals surface area contributed by atoms with Gasteiger partial charge in [-0.2, -0.15) is 5.10 Å². The Labute approximate surface area is 202 Å². The van der Waals surface area contributed by atoms with E-state index in [1.54, 1.807) is 18.2 Å². The molecule has 0 fully saturated rings. The Morgan fingerprint density at radius 3 is 2.71 bits per heavy atom. The van der Waals surface area contributed by atoms with E-state index in [1.807, 2.05) is 58.2 Å². The fourth-order valence-electron chi connectivity index (χ4n) is 4.39. The SMILES string of the molecule is [2H]C([2H])([2H])n1nc(C(C)(NC)c2ccccc2)c2cc(Nc3ccc4c(n3)CC(C)(C)OC4=O)ncc21. The number of anilines is 2. The van der Waals surface area contributed by atoms with Crippen LogP contribution in [0.2, 0.25) is 0 Å². The van der Waals surface area contributed by atoms with Crippen LogP contribution in [0.25, 0.3) is 10.9 Å². The zero-order chi connectivity index (χ0) is 26.6. The van der Waals surface area contributed by atoms with Crippen LogP contribution >= 0.6 is 0 Å². The minimum absolute atomic E-state index is 0.390. The number of hydrogen-bond acceptors (Lipinski definition) is 7. The van der Waals surface area contributed by atoms with E-state index in [2.05, 4.69) is 25.7 Å². The molecule has 1 atom stereocenters. The number of ether oxygens (including phenoxy) is 1. The van der Waals surface area contributed by atoms with E-state index in [0.29, 0.717) is 45.9 Å². The predicted molar refractivity (Wildman–Crippen MR) is 131 cm³/mol. The number of rotatable bonds is 5. The van der Waals surface area contributed by atoms with E-state index in [0.717, 1.165) is 10.2 Å². The maximum Gasteiger partial charge on any atom is 0.340 e. The quantitative estimate of drug-likeness (QED) is 0.434. The van der Waals surface area contributed by atoms with Crippen molar-refractivity contribution in [2.75, 3.05) is 12.4 Å². The third kappa shape index (κ3) is 3.70. The number of aryl methyl sites for hydroxylation is 1. The zero-order valence-corrected chi connectivity index (χ0v) is 19.5. The molecule has 0 radical (unpaired) electrons. The third-order valence-electron chi connectivity index (χ3n) is 6.30. The smallest absolute Gasteiger partial charge is 0.340 e. The average Bonchev–Trinajstić information content (AvgIpc) is 3.23. The van der Waals surface area contributed by atoms with Crippen molar-refractivity contribution in [1.82, 2.24) is 25.1 Å². The Morgan fingerprint density at radius 1 is 1.18 bits per heavy atom. The van der Waals surface area contributed by atoms with Crippen molar-refractivity contribution in [2.45, 2.75) is 38.3 Å². The van der Waals surface area contributed by atoms with E-state index in [9.17, 15) is 4.79 Å². The van der Waals surface area contributed by atoms with Gasteiger partial charge in [-0.1, -0.05) is 30.3 Å². The molecule has 4 aromatic rings. The van der Waals surface area contributed by atoms with Crippen molar-refractivity contribution in [3.8, 4) is 0 Å². The number of cyclic esters (lactones) is 1. The molecular formula is C26H28N6O2. The highest BCUT2D eigenvalue weighted by Gasteiger charge is 2.34. The van der Waals surface area contributed by atoms with Gasteiger partial charge in [0, 0.05) is 22.9 Å². The van der Waals surface area contributed by atoms with Gasteiger partial charge >= 0.3 is 5.97 Å². The summed E-state index contributed by atoms with van der Waals surface area (Å²) in [6, 6.07) is 14.9. The van der Waals surface area contributed by atoms with Crippen LogP contribution < -0.4 is 10.6 Å². The van der Waals surface area contributed by atoms with Crippen LogP contribution in [0.15, 0.2) is 54.7 Å². The highest BCUT2D eigenvalue weighted by molar-refractivity contribution is 5.92. The number of esters is 1. The van der Waals surface area contributed by atoms with Crippen LogP contribution in [0.5, 0.6) is 0 Å². The fraction of sp³-hybridized carbons (Fsp3) is 0.308. The summed E-state index contributed by atoms with van der Waals surface area (Å²) in [6.45, 7) is 3.18. The lowest BCUT2D eigenvalue weighted by Gasteiger charge is -2.30. The van der Waals surface area contributed by atoms with Crippen molar-refractivity contribution < 1.29 is 13.6 Å².